The Kier molecular flexibility index (Phi) is 3.02. The highest BCUT2D eigenvalue weighted by Gasteiger charge is 2.14. The summed E-state index contributed by atoms with van der Waals surface area (Å²) in [6.07, 6.45) is 0. The first-order chi connectivity index (χ1) is 10.2. The molecule has 0 saturated carbocycles. The molecule has 1 nitrogen and oxygen atoms in total. The zero-order chi connectivity index (χ0) is 14.4. The molecule has 2 aromatic carbocycles. The van der Waals surface area contributed by atoms with E-state index in [9.17, 15) is 0 Å². The molecule has 0 saturated heterocycles. The van der Waals surface area contributed by atoms with Crippen LogP contribution in [0, 0.1) is 6.92 Å². The predicted octanol–water partition coefficient (Wildman–Crippen LogP) is 6.02. The van der Waals surface area contributed by atoms with Crippen LogP contribution >= 0.6 is 22.9 Å². The molecule has 1 atom stereocenters. The van der Waals surface area contributed by atoms with E-state index in [0.717, 1.165) is 11.1 Å². The molecule has 104 valence electrons. The van der Waals surface area contributed by atoms with Gasteiger partial charge in [-0.15, -0.1) is 22.9 Å². The summed E-state index contributed by atoms with van der Waals surface area (Å²) in [5.41, 5.74) is 3.48. The normalized spacial score (nSPS) is 13.0. The number of hydrogen-bond acceptors (Lipinski definition) is 1. The van der Waals surface area contributed by atoms with Gasteiger partial charge in [-0.05, 0) is 42.8 Å². The van der Waals surface area contributed by atoms with Crippen LogP contribution in [0.25, 0.3) is 21.8 Å². The highest BCUT2D eigenvalue weighted by atomic mass is 35.5. The van der Waals surface area contributed by atoms with Crippen molar-refractivity contribution in [3.8, 4) is 0 Å². The summed E-state index contributed by atoms with van der Waals surface area (Å²) in [4.78, 5) is 5.94. The van der Waals surface area contributed by atoms with E-state index in [1.54, 1.807) is 11.3 Å². The third-order valence-corrected chi connectivity index (χ3v) is 5.52. The van der Waals surface area contributed by atoms with E-state index in [-0.39, 0.29) is 5.38 Å². The first-order valence-electron chi connectivity index (χ1n) is 6.93. The third-order valence-electron chi connectivity index (χ3n) is 3.83. The van der Waals surface area contributed by atoms with Crippen LogP contribution in [0.3, 0.4) is 0 Å². The number of thiophene rings is 1. The Morgan fingerprint density at radius 1 is 0.952 bits per heavy atom. The average Bonchev–Trinajstić information content (AvgIpc) is 3.09. The van der Waals surface area contributed by atoms with Crippen molar-refractivity contribution >= 4 is 44.7 Å². The van der Waals surface area contributed by atoms with Crippen molar-refractivity contribution in [1.29, 1.82) is 0 Å². The molecule has 0 spiro atoms. The lowest BCUT2D eigenvalue weighted by molar-refractivity contribution is 1.19. The quantitative estimate of drug-likeness (QED) is 0.436. The lowest BCUT2D eigenvalue weighted by Crippen LogP contribution is -1.89. The highest BCUT2D eigenvalue weighted by molar-refractivity contribution is 7.12. The number of aromatic amines is 1. The van der Waals surface area contributed by atoms with Crippen LogP contribution < -0.4 is 0 Å². The van der Waals surface area contributed by atoms with Gasteiger partial charge in [0, 0.05) is 31.6 Å². The van der Waals surface area contributed by atoms with Crippen LogP contribution in [-0.4, -0.2) is 4.98 Å². The van der Waals surface area contributed by atoms with Gasteiger partial charge < -0.3 is 4.98 Å². The molecule has 1 unspecified atom stereocenters. The first-order valence-corrected chi connectivity index (χ1v) is 8.18. The molecule has 0 bridgehead atoms. The minimum atomic E-state index is -0.0817. The summed E-state index contributed by atoms with van der Waals surface area (Å²) in [5, 5.41) is 2.41. The second-order valence-corrected chi connectivity index (χ2v) is 7.04. The molecule has 0 fully saturated rings. The third kappa shape index (κ3) is 2.15. The number of nitrogens with one attached hydrogen (secondary N) is 1. The van der Waals surface area contributed by atoms with Crippen LogP contribution in [0.15, 0.2) is 54.6 Å². The minimum Gasteiger partial charge on any atom is -0.355 e. The minimum absolute atomic E-state index is 0.0817. The summed E-state index contributed by atoms with van der Waals surface area (Å²) < 4.78 is 0. The topological polar surface area (TPSA) is 15.8 Å². The summed E-state index contributed by atoms with van der Waals surface area (Å²) in [6, 6.07) is 19.1. The fourth-order valence-electron chi connectivity index (χ4n) is 2.78. The second kappa shape index (κ2) is 4.90. The molecular weight excluding hydrogens is 298 g/mol. The zero-order valence-electron chi connectivity index (χ0n) is 11.6. The van der Waals surface area contributed by atoms with E-state index >= 15 is 0 Å². The maximum atomic E-state index is 6.66. The predicted molar refractivity (Wildman–Crippen MR) is 92.6 cm³/mol. The van der Waals surface area contributed by atoms with Crippen molar-refractivity contribution in [3.05, 3.63) is 69.9 Å². The number of halogens is 1. The number of hydrogen-bond donors (Lipinski definition) is 1. The summed E-state index contributed by atoms with van der Waals surface area (Å²) in [6.45, 7) is 2.11. The van der Waals surface area contributed by atoms with Gasteiger partial charge in [-0.25, -0.2) is 0 Å². The van der Waals surface area contributed by atoms with Crippen molar-refractivity contribution in [2.75, 3.05) is 0 Å². The van der Waals surface area contributed by atoms with Crippen LogP contribution in [0.2, 0.25) is 0 Å². The maximum Gasteiger partial charge on any atom is 0.0928 e. The Balaban J connectivity index is 1.88. The van der Waals surface area contributed by atoms with Gasteiger partial charge in [0.25, 0.3) is 0 Å². The molecule has 4 rings (SSSR count). The standard InChI is InChI=1S/C18H14ClNS/c1-11-6-9-17(21-11)18(19)12-7-8-16-14(10-12)13-4-2-3-5-15(13)20-16/h2-10,18,20H,1H3. The van der Waals surface area contributed by atoms with E-state index in [0.29, 0.717) is 0 Å². The molecular formula is C18H14ClNS. The largest absolute Gasteiger partial charge is 0.355 e. The number of benzene rings is 2. The second-order valence-electron chi connectivity index (χ2n) is 5.29. The Morgan fingerprint density at radius 2 is 1.76 bits per heavy atom. The SMILES string of the molecule is Cc1ccc(C(Cl)c2ccc3[nH]c4ccccc4c3c2)s1. The summed E-state index contributed by atoms with van der Waals surface area (Å²) >= 11 is 8.43. The lowest BCUT2D eigenvalue weighted by Gasteiger charge is -2.08. The number of para-hydroxylation sites is 1. The van der Waals surface area contributed by atoms with Gasteiger partial charge in [-0.1, -0.05) is 24.3 Å². The molecule has 21 heavy (non-hydrogen) atoms. The zero-order valence-corrected chi connectivity index (χ0v) is 13.1. The van der Waals surface area contributed by atoms with Gasteiger partial charge in [0.05, 0.1) is 5.38 Å². The molecule has 2 aromatic heterocycles. The van der Waals surface area contributed by atoms with Gasteiger partial charge in [0.1, 0.15) is 0 Å². The Labute approximate surface area is 132 Å². The Bertz CT molecular complexity index is 935. The van der Waals surface area contributed by atoms with Crippen molar-refractivity contribution in [3.63, 3.8) is 0 Å². The van der Waals surface area contributed by atoms with Crippen LogP contribution in [0.4, 0.5) is 0 Å². The summed E-state index contributed by atoms with van der Waals surface area (Å²) in [5.74, 6) is 0. The fourth-order valence-corrected chi connectivity index (χ4v) is 4.00. The maximum absolute atomic E-state index is 6.66. The number of fused-ring (bicyclic) bond motifs is 3. The van der Waals surface area contributed by atoms with Crippen LogP contribution in [-0.2, 0) is 0 Å². The van der Waals surface area contributed by atoms with Gasteiger partial charge in [0.15, 0.2) is 0 Å². The molecule has 2 heterocycles. The molecule has 3 heteroatoms. The molecule has 0 aliphatic rings. The molecule has 0 amide bonds. The van der Waals surface area contributed by atoms with Crippen molar-refractivity contribution in [2.24, 2.45) is 0 Å². The van der Waals surface area contributed by atoms with E-state index in [1.807, 2.05) is 0 Å². The van der Waals surface area contributed by atoms with Gasteiger partial charge in [-0.3, -0.25) is 0 Å². The molecule has 0 aliphatic heterocycles. The molecule has 1 N–H and O–H groups in total. The monoisotopic (exact) mass is 311 g/mol. The number of alkyl halides is 1. The van der Waals surface area contributed by atoms with Gasteiger partial charge >= 0.3 is 0 Å². The van der Waals surface area contributed by atoms with Crippen molar-refractivity contribution in [1.82, 2.24) is 4.98 Å². The smallest absolute Gasteiger partial charge is 0.0928 e. The lowest BCUT2D eigenvalue weighted by atomic mass is 10.1. The number of H-pyrrole nitrogens is 1. The number of rotatable bonds is 2. The van der Waals surface area contributed by atoms with Gasteiger partial charge in [0.2, 0.25) is 0 Å². The van der Waals surface area contributed by atoms with E-state index < -0.39 is 0 Å². The van der Waals surface area contributed by atoms with E-state index in [2.05, 4.69) is 66.5 Å². The Morgan fingerprint density at radius 3 is 2.57 bits per heavy atom. The number of aryl methyl sites for hydroxylation is 1. The molecule has 0 radical (unpaired) electrons. The fraction of sp³-hybridized carbons (Fsp3) is 0.111. The first kappa shape index (κ1) is 12.9. The van der Waals surface area contributed by atoms with E-state index in [4.69, 9.17) is 11.6 Å². The van der Waals surface area contributed by atoms with Crippen molar-refractivity contribution in [2.45, 2.75) is 12.3 Å². The van der Waals surface area contributed by atoms with Crippen molar-refractivity contribution < 1.29 is 0 Å². The number of aromatic nitrogens is 1. The molecule has 4 aromatic rings. The van der Waals surface area contributed by atoms with Gasteiger partial charge in [-0.2, -0.15) is 0 Å². The molecule has 0 aliphatic carbocycles. The highest BCUT2D eigenvalue weighted by Crippen LogP contribution is 2.36. The van der Waals surface area contributed by atoms with Crippen LogP contribution in [0.5, 0.6) is 0 Å². The average molecular weight is 312 g/mol. The van der Waals surface area contributed by atoms with Crippen LogP contribution in [0.1, 0.15) is 20.7 Å². The summed E-state index contributed by atoms with van der Waals surface area (Å²) in [7, 11) is 0. The van der Waals surface area contributed by atoms with E-state index in [1.165, 1.54) is 26.0 Å². The Hall–Kier alpha value is -1.77.